The van der Waals surface area contributed by atoms with Crippen LogP contribution in [0.15, 0.2) is 36.4 Å². The molecule has 1 unspecified atom stereocenters. The second-order valence-electron chi connectivity index (χ2n) is 7.36. The Morgan fingerprint density at radius 2 is 1.96 bits per heavy atom. The summed E-state index contributed by atoms with van der Waals surface area (Å²) in [5.41, 5.74) is 10.1. The second-order valence-corrected chi connectivity index (χ2v) is 7.36. The highest BCUT2D eigenvalue weighted by atomic mass is 16.5. The highest BCUT2D eigenvalue weighted by molar-refractivity contribution is 6.07. The number of primary amides is 1. The molecular formula is C23H29N3O2. The zero-order chi connectivity index (χ0) is 20.3. The fourth-order valence-corrected chi connectivity index (χ4v) is 4.05. The van der Waals surface area contributed by atoms with Gasteiger partial charge in [0.25, 0.3) is 5.91 Å². The molecule has 2 aromatic carbocycles. The van der Waals surface area contributed by atoms with E-state index in [1.165, 1.54) is 6.42 Å². The minimum Gasteiger partial charge on any atom is -0.496 e. The Bertz CT molecular complexity index is 977. The summed E-state index contributed by atoms with van der Waals surface area (Å²) in [5.74, 6) is 0.201. The number of nitrogens with zero attached hydrogens (tertiary/aromatic N) is 2. The Balaban J connectivity index is 2.33. The molecule has 0 aliphatic heterocycles. The molecule has 0 bridgehead atoms. The number of rotatable bonds is 8. The van der Waals surface area contributed by atoms with Gasteiger partial charge in [-0.2, -0.15) is 5.10 Å². The van der Waals surface area contributed by atoms with E-state index < -0.39 is 5.91 Å². The molecule has 3 aromatic rings. The minimum absolute atomic E-state index is 0.165. The molecule has 1 aromatic heterocycles. The molecule has 0 fully saturated rings. The topological polar surface area (TPSA) is 70.1 Å². The zero-order valence-corrected chi connectivity index (χ0v) is 17.2. The maximum atomic E-state index is 12.4. The van der Waals surface area contributed by atoms with Gasteiger partial charge < -0.3 is 10.5 Å². The minimum atomic E-state index is -0.459. The van der Waals surface area contributed by atoms with Crippen LogP contribution in [0, 0.1) is 0 Å². The average molecular weight is 380 g/mol. The normalized spacial score (nSPS) is 12.3. The molecule has 5 nitrogen and oxygen atoms in total. The zero-order valence-electron chi connectivity index (χ0n) is 17.2. The van der Waals surface area contributed by atoms with Gasteiger partial charge in [-0.1, -0.05) is 63.4 Å². The number of benzene rings is 2. The van der Waals surface area contributed by atoms with Crippen LogP contribution in [0.1, 0.15) is 61.4 Å². The van der Waals surface area contributed by atoms with E-state index in [1.54, 1.807) is 7.11 Å². The van der Waals surface area contributed by atoms with Crippen LogP contribution in [-0.2, 0) is 7.05 Å². The lowest BCUT2D eigenvalue weighted by molar-refractivity contribution is 0.0996. The number of amides is 1. The van der Waals surface area contributed by atoms with E-state index >= 15 is 0 Å². The van der Waals surface area contributed by atoms with Crippen molar-refractivity contribution in [3.8, 4) is 17.0 Å². The summed E-state index contributed by atoms with van der Waals surface area (Å²) in [7, 11) is 3.50. The highest BCUT2D eigenvalue weighted by Crippen LogP contribution is 2.41. The molecule has 0 aliphatic carbocycles. The van der Waals surface area contributed by atoms with E-state index in [2.05, 4.69) is 26.0 Å². The first-order chi connectivity index (χ1) is 13.5. The summed E-state index contributed by atoms with van der Waals surface area (Å²) in [6, 6.07) is 12.0. The molecule has 1 atom stereocenters. The number of methoxy groups -OCH3 is 1. The summed E-state index contributed by atoms with van der Waals surface area (Å²) in [6.45, 7) is 4.36. The number of ether oxygens (including phenoxy) is 1. The van der Waals surface area contributed by atoms with Gasteiger partial charge in [-0.3, -0.25) is 9.48 Å². The molecule has 28 heavy (non-hydrogen) atoms. The largest absolute Gasteiger partial charge is 0.496 e. The smallest absolute Gasteiger partial charge is 0.252 e. The van der Waals surface area contributed by atoms with Gasteiger partial charge in [-0.25, -0.2) is 0 Å². The van der Waals surface area contributed by atoms with Crippen molar-refractivity contribution >= 4 is 16.8 Å². The number of carbonyl (C=O) groups is 1. The number of nitrogens with two attached hydrogens (primary N) is 1. The second kappa shape index (κ2) is 8.46. The van der Waals surface area contributed by atoms with Crippen LogP contribution < -0.4 is 10.5 Å². The quantitative estimate of drug-likeness (QED) is 0.558. The van der Waals surface area contributed by atoms with Crippen LogP contribution in [-0.4, -0.2) is 22.8 Å². The standard InChI is InChI=1S/C23H29N3O2/c1-5-6-8-11-15(2)19-20-17(14-18(28-4)21(19)23(24)27)25-26(3)22(20)16-12-9-7-10-13-16/h7,9-10,12-15H,5-6,8,11H2,1-4H3,(H2,24,27). The van der Waals surface area contributed by atoms with Gasteiger partial charge in [-0.15, -0.1) is 0 Å². The Kier molecular flexibility index (Phi) is 6.02. The lowest BCUT2D eigenvalue weighted by Gasteiger charge is -2.19. The molecule has 0 spiro atoms. The lowest BCUT2D eigenvalue weighted by Crippen LogP contribution is -2.17. The SMILES string of the molecule is CCCCCC(C)c1c(C(N)=O)c(OC)cc2nn(C)c(-c3ccccc3)c12. The summed E-state index contributed by atoms with van der Waals surface area (Å²) < 4.78 is 7.42. The first-order valence-corrected chi connectivity index (χ1v) is 9.92. The Labute approximate surface area is 166 Å². The lowest BCUT2D eigenvalue weighted by atomic mass is 9.86. The van der Waals surface area contributed by atoms with E-state index in [9.17, 15) is 4.79 Å². The van der Waals surface area contributed by atoms with Crippen molar-refractivity contribution in [2.45, 2.75) is 45.4 Å². The van der Waals surface area contributed by atoms with Crippen molar-refractivity contribution in [1.29, 1.82) is 0 Å². The molecule has 0 aliphatic rings. The van der Waals surface area contributed by atoms with Crippen LogP contribution in [0.25, 0.3) is 22.2 Å². The van der Waals surface area contributed by atoms with Gasteiger partial charge in [0, 0.05) is 24.1 Å². The predicted octanol–water partition coefficient (Wildman–Crippen LogP) is 5.03. The van der Waals surface area contributed by atoms with Gasteiger partial charge >= 0.3 is 0 Å². The third kappa shape index (κ3) is 3.61. The Morgan fingerprint density at radius 3 is 2.57 bits per heavy atom. The van der Waals surface area contributed by atoms with Gasteiger partial charge in [0.1, 0.15) is 5.75 Å². The third-order valence-electron chi connectivity index (χ3n) is 5.37. The first-order valence-electron chi connectivity index (χ1n) is 9.92. The van der Waals surface area contributed by atoms with Crippen LogP contribution in [0.3, 0.4) is 0 Å². The van der Waals surface area contributed by atoms with E-state index in [1.807, 2.05) is 36.0 Å². The fraction of sp³-hybridized carbons (Fsp3) is 0.391. The van der Waals surface area contributed by atoms with E-state index in [0.717, 1.165) is 47.0 Å². The third-order valence-corrected chi connectivity index (χ3v) is 5.37. The Morgan fingerprint density at radius 1 is 1.25 bits per heavy atom. The van der Waals surface area contributed by atoms with Gasteiger partial charge in [0.05, 0.1) is 23.9 Å². The van der Waals surface area contributed by atoms with Crippen LogP contribution >= 0.6 is 0 Å². The molecule has 5 heteroatoms. The van der Waals surface area contributed by atoms with Crippen molar-refractivity contribution in [3.63, 3.8) is 0 Å². The summed E-state index contributed by atoms with van der Waals surface area (Å²) in [5, 5.41) is 5.72. The molecule has 1 heterocycles. The predicted molar refractivity (Wildman–Crippen MR) is 114 cm³/mol. The number of fused-ring (bicyclic) bond motifs is 1. The van der Waals surface area contributed by atoms with E-state index in [-0.39, 0.29) is 5.92 Å². The van der Waals surface area contributed by atoms with Crippen LogP contribution in [0.5, 0.6) is 5.75 Å². The van der Waals surface area contributed by atoms with Gasteiger partial charge in [0.15, 0.2) is 0 Å². The average Bonchev–Trinajstić information content (AvgIpc) is 3.02. The van der Waals surface area contributed by atoms with Crippen molar-refractivity contribution < 1.29 is 9.53 Å². The van der Waals surface area contributed by atoms with Crippen molar-refractivity contribution in [2.75, 3.05) is 7.11 Å². The molecule has 2 N–H and O–H groups in total. The van der Waals surface area contributed by atoms with E-state index in [4.69, 9.17) is 15.6 Å². The molecule has 1 amide bonds. The summed E-state index contributed by atoms with van der Waals surface area (Å²) in [6.07, 6.45) is 4.42. The van der Waals surface area contributed by atoms with Crippen molar-refractivity contribution in [3.05, 3.63) is 47.5 Å². The molecule has 148 valence electrons. The summed E-state index contributed by atoms with van der Waals surface area (Å²) in [4.78, 5) is 12.4. The van der Waals surface area contributed by atoms with E-state index in [0.29, 0.717) is 11.3 Å². The van der Waals surface area contributed by atoms with Gasteiger partial charge in [0.2, 0.25) is 0 Å². The van der Waals surface area contributed by atoms with Crippen LogP contribution in [0.2, 0.25) is 0 Å². The fourth-order valence-electron chi connectivity index (χ4n) is 4.05. The molecule has 0 radical (unpaired) electrons. The molecule has 3 rings (SSSR count). The first kappa shape index (κ1) is 19.9. The van der Waals surface area contributed by atoms with Crippen molar-refractivity contribution in [2.24, 2.45) is 12.8 Å². The molecular weight excluding hydrogens is 350 g/mol. The maximum Gasteiger partial charge on any atom is 0.252 e. The number of hydrogen-bond donors (Lipinski definition) is 1. The number of unbranched alkanes of at least 4 members (excludes halogenated alkanes) is 2. The number of hydrogen-bond acceptors (Lipinski definition) is 3. The Hall–Kier alpha value is -2.82. The number of aromatic nitrogens is 2. The molecule has 0 saturated carbocycles. The van der Waals surface area contributed by atoms with Crippen molar-refractivity contribution in [1.82, 2.24) is 9.78 Å². The van der Waals surface area contributed by atoms with Gasteiger partial charge in [-0.05, 0) is 17.9 Å². The maximum absolute atomic E-state index is 12.4. The number of carbonyl (C=O) groups excluding carboxylic acids is 1. The van der Waals surface area contributed by atoms with Crippen LogP contribution in [0.4, 0.5) is 0 Å². The highest BCUT2D eigenvalue weighted by Gasteiger charge is 2.27. The number of aryl methyl sites for hydroxylation is 1. The monoisotopic (exact) mass is 379 g/mol. The molecule has 0 saturated heterocycles. The summed E-state index contributed by atoms with van der Waals surface area (Å²) >= 11 is 0.